The van der Waals surface area contributed by atoms with Crippen molar-refractivity contribution in [3.8, 4) is 5.75 Å². The number of nitrogens with one attached hydrogen (secondary N) is 1. The fraction of sp³-hybridized carbons (Fsp3) is 0.562. The molecule has 0 aromatic heterocycles. The molecular weight excluding hydrogens is 270 g/mol. The summed E-state index contributed by atoms with van der Waals surface area (Å²) in [5, 5.41) is 21.6. The van der Waals surface area contributed by atoms with E-state index in [1.54, 1.807) is 12.1 Å². The number of aliphatic hydroxyl groups is 1. The van der Waals surface area contributed by atoms with Crippen molar-refractivity contribution < 1.29 is 19.7 Å². The monoisotopic (exact) mass is 293 g/mol. The minimum atomic E-state index is -0.936. The number of rotatable bonds is 8. The van der Waals surface area contributed by atoms with Gasteiger partial charge in [0.25, 0.3) is 0 Å². The molecule has 0 saturated heterocycles. The third-order valence-electron chi connectivity index (χ3n) is 4.15. The first-order valence-corrected chi connectivity index (χ1v) is 7.43. The maximum atomic E-state index is 10.7. The van der Waals surface area contributed by atoms with Crippen molar-refractivity contribution in [1.29, 1.82) is 0 Å². The molecule has 1 fully saturated rings. The second-order valence-corrected chi connectivity index (χ2v) is 5.72. The van der Waals surface area contributed by atoms with Crippen molar-refractivity contribution in [2.24, 2.45) is 5.41 Å². The van der Waals surface area contributed by atoms with E-state index in [-0.39, 0.29) is 17.6 Å². The number of hydrogen-bond donors (Lipinski definition) is 3. The molecule has 0 unspecified atom stereocenters. The zero-order valence-corrected chi connectivity index (χ0v) is 12.2. The third-order valence-corrected chi connectivity index (χ3v) is 4.15. The van der Waals surface area contributed by atoms with Gasteiger partial charge in [0.1, 0.15) is 12.4 Å². The van der Waals surface area contributed by atoms with Gasteiger partial charge in [-0.2, -0.15) is 0 Å². The fourth-order valence-electron chi connectivity index (χ4n) is 2.80. The number of hydrogen-bond acceptors (Lipinski definition) is 4. The largest absolute Gasteiger partial charge is 0.492 e. The van der Waals surface area contributed by atoms with Crippen molar-refractivity contribution in [3.05, 3.63) is 29.8 Å². The molecule has 1 aliphatic rings. The zero-order valence-electron chi connectivity index (χ0n) is 12.2. The zero-order chi connectivity index (χ0) is 15.1. The molecule has 0 heterocycles. The van der Waals surface area contributed by atoms with E-state index in [1.807, 2.05) is 0 Å². The molecule has 0 spiro atoms. The summed E-state index contributed by atoms with van der Waals surface area (Å²) in [6.45, 7) is 2.30. The lowest BCUT2D eigenvalue weighted by molar-refractivity contribution is 0.0697. The van der Waals surface area contributed by atoms with Crippen molar-refractivity contribution in [3.63, 3.8) is 0 Å². The van der Waals surface area contributed by atoms with Crippen LogP contribution in [0.15, 0.2) is 24.3 Å². The van der Waals surface area contributed by atoms with Crippen molar-refractivity contribution in [2.75, 3.05) is 26.3 Å². The number of ether oxygens (including phenoxy) is 1. The topological polar surface area (TPSA) is 78.8 Å². The predicted molar refractivity (Wildman–Crippen MR) is 79.8 cm³/mol. The maximum Gasteiger partial charge on any atom is 0.335 e. The highest BCUT2D eigenvalue weighted by molar-refractivity contribution is 5.87. The standard InChI is InChI=1S/C16H23NO4/c18-12-16(7-1-2-8-16)11-17-9-10-21-14-5-3-13(4-6-14)15(19)20/h3-6,17-18H,1-2,7-12H2,(H,19,20). The van der Waals surface area contributed by atoms with E-state index >= 15 is 0 Å². The molecule has 1 saturated carbocycles. The Kier molecular flexibility index (Phi) is 5.59. The molecule has 2 rings (SSSR count). The third kappa shape index (κ3) is 4.44. The molecule has 1 aromatic carbocycles. The molecule has 1 aliphatic carbocycles. The Morgan fingerprint density at radius 2 is 1.90 bits per heavy atom. The molecule has 5 nitrogen and oxygen atoms in total. The lowest BCUT2D eigenvalue weighted by Gasteiger charge is -2.26. The average molecular weight is 293 g/mol. The first kappa shape index (κ1) is 15.8. The van der Waals surface area contributed by atoms with Crippen LogP contribution in [0.25, 0.3) is 0 Å². The van der Waals surface area contributed by atoms with E-state index in [0.29, 0.717) is 18.9 Å². The summed E-state index contributed by atoms with van der Waals surface area (Å²) >= 11 is 0. The second-order valence-electron chi connectivity index (χ2n) is 5.72. The van der Waals surface area contributed by atoms with Crippen LogP contribution < -0.4 is 10.1 Å². The Morgan fingerprint density at radius 3 is 2.48 bits per heavy atom. The molecule has 21 heavy (non-hydrogen) atoms. The van der Waals surface area contributed by atoms with Gasteiger partial charge in [-0.15, -0.1) is 0 Å². The van der Waals surface area contributed by atoms with Crippen molar-refractivity contribution in [1.82, 2.24) is 5.32 Å². The molecule has 116 valence electrons. The first-order valence-electron chi connectivity index (χ1n) is 7.43. The maximum absolute atomic E-state index is 10.7. The lowest BCUT2D eigenvalue weighted by Crippen LogP contribution is -2.36. The van der Waals surface area contributed by atoms with Gasteiger partial charge in [0.05, 0.1) is 5.56 Å². The number of carbonyl (C=O) groups is 1. The van der Waals surface area contributed by atoms with Gasteiger partial charge in [-0.05, 0) is 37.1 Å². The molecule has 3 N–H and O–H groups in total. The van der Waals surface area contributed by atoms with Gasteiger partial charge in [-0.3, -0.25) is 0 Å². The Balaban J connectivity index is 1.66. The summed E-state index contributed by atoms with van der Waals surface area (Å²) in [6.07, 6.45) is 4.59. The minimum Gasteiger partial charge on any atom is -0.492 e. The highest BCUT2D eigenvalue weighted by Crippen LogP contribution is 2.36. The molecule has 0 atom stereocenters. The minimum absolute atomic E-state index is 0.0587. The van der Waals surface area contributed by atoms with Gasteiger partial charge in [0.2, 0.25) is 0 Å². The summed E-state index contributed by atoms with van der Waals surface area (Å²) in [4.78, 5) is 10.7. The van der Waals surface area contributed by atoms with Crippen LogP contribution in [0.2, 0.25) is 0 Å². The summed E-state index contributed by atoms with van der Waals surface area (Å²) in [5.41, 5.74) is 0.315. The van der Waals surface area contributed by atoms with Crippen LogP contribution >= 0.6 is 0 Å². The quantitative estimate of drug-likeness (QED) is 0.638. The summed E-state index contributed by atoms with van der Waals surface area (Å²) < 4.78 is 5.55. The first-order chi connectivity index (χ1) is 10.2. The van der Waals surface area contributed by atoms with Crippen molar-refractivity contribution >= 4 is 5.97 Å². The van der Waals surface area contributed by atoms with Gasteiger partial charge in [0, 0.05) is 25.1 Å². The van der Waals surface area contributed by atoms with Crippen LogP contribution in [-0.2, 0) is 0 Å². The second kappa shape index (κ2) is 7.43. The van der Waals surface area contributed by atoms with Crippen LogP contribution in [-0.4, -0.2) is 42.5 Å². The fourth-order valence-corrected chi connectivity index (χ4v) is 2.80. The van der Waals surface area contributed by atoms with E-state index in [2.05, 4.69) is 5.32 Å². The van der Waals surface area contributed by atoms with Gasteiger partial charge < -0.3 is 20.3 Å². The Hall–Kier alpha value is -1.59. The van der Waals surface area contributed by atoms with Crippen LogP contribution in [0.5, 0.6) is 5.75 Å². The normalized spacial score (nSPS) is 16.8. The molecule has 0 aliphatic heterocycles. The number of aromatic carboxylic acids is 1. The number of carboxylic acids is 1. The molecule has 5 heteroatoms. The van der Waals surface area contributed by atoms with Crippen molar-refractivity contribution in [2.45, 2.75) is 25.7 Å². The van der Waals surface area contributed by atoms with Crippen LogP contribution in [0.3, 0.4) is 0 Å². The predicted octanol–water partition coefficient (Wildman–Crippen LogP) is 1.91. The molecule has 0 bridgehead atoms. The molecule has 1 aromatic rings. The Labute approximate surface area is 124 Å². The molecular formula is C16H23NO4. The highest BCUT2D eigenvalue weighted by atomic mass is 16.5. The lowest BCUT2D eigenvalue weighted by atomic mass is 9.87. The van der Waals surface area contributed by atoms with Crippen LogP contribution in [0.4, 0.5) is 0 Å². The van der Waals surface area contributed by atoms with E-state index in [0.717, 1.165) is 19.4 Å². The molecule has 0 radical (unpaired) electrons. The molecule has 0 amide bonds. The van der Waals surface area contributed by atoms with Gasteiger partial charge >= 0.3 is 5.97 Å². The van der Waals surface area contributed by atoms with E-state index < -0.39 is 5.97 Å². The highest BCUT2D eigenvalue weighted by Gasteiger charge is 2.32. The van der Waals surface area contributed by atoms with Gasteiger partial charge in [0.15, 0.2) is 0 Å². The summed E-state index contributed by atoms with van der Waals surface area (Å²) in [6, 6.07) is 6.39. The van der Waals surface area contributed by atoms with Crippen LogP contribution in [0.1, 0.15) is 36.0 Å². The Bertz CT molecular complexity index is 452. The summed E-state index contributed by atoms with van der Waals surface area (Å²) in [5.74, 6) is -0.270. The number of aliphatic hydroxyl groups excluding tert-OH is 1. The smallest absolute Gasteiger partial charge is 0.335 e. The van der Waals surface area contributed by atoms with Gasteiger partial charge in [-0.25, -0.2) is 4.79 Å². The van der Waals surface area contributed by atoms with E-state index in [1.165, 1.54) is 25.0 Å². The van der Waals surface area contributed by atoms with Crippen LogP contribution in [0, 0.1) is 5.41 Å². The average Bonchev–Trinajstić information content (AvgIpc) is 2.97. The van der Waals surface area contributed by atoms with E-state index in [4.69, 9.17) is 9.84 Å². The van der Waals surface area contributed by atoms with Gasteiger partial charge in [-0.1, -0.05) is 12.8 Å². The SMILES string of the molecule is O=C(O)c1ccc(OCCNCC2(CO)CCCC2)cc1. The number of benzene rings is 1. The Morgan fingerprint density at radius 1 is 1.24 bits per heavy atom. The van der Waals surface area contributed by atoms with E-state index in [9.17, 15) is 9.90 Å². The summed E-state index contributed by atoms with van der Waals surface area (Å²) in [7, 11) is 0. The number of carboxylic acid groups (broad SMARTS) is 1.